The van der Waals surface area contributed by atoms with Gasteiger partial charge in [0.25, 0.3) is 0 Å². The van der Waals surface area contributed by atoms with Crippen LogP contribution >= 0.6 is 0 Å². The van der Waals surface area contributed by atoms with Crippen molar-refractivity contribution in [3.63, 3.8) is 0 Å². The van der Waals surface area contributed by atoms with E-state index in [1.165, 1.54) is 4.57 Å². The Bertz CT molecular complexity index is 1060. The summed E-state index contributed by atoms with van der Waals surface area (Å²) in [6.07, 6.45) is 3.24. The second-order valence-corrected chi connectivity index (χ2v) is 8.60. The SMILES string of the molecule is CC(C)S(=O)(=O)Cc1cncc(-c2ccc3oc(=O)n(C)c3c2)c1. The summed E-state index contributed by atoms with van der Waals surface area (Å²) in [6, 6.07) is 7.19. The Kier molecular flexibility index (Phi) is 4.04. The minimum absolute atomic E-state index is 0.0437. The number of rotatable bonds is 4. The second kappa shape index (κ2) is 5.90. The van der Waals surface area contributed by atoms with E-state index in [0.29, 0.717) is 16.7 Å². The van der Waals surface area contributed by atoms with Crippen LogP contribution in [0.5, 0.6) is 0 Å². The van der Waals surface area contributed by atoms with E-state index in [2.05, 4.69) is 4.98 Å². The maximum atomic E-state index is 12.1. The molecule has 0 N–H and O–H groups in total. The van der Waals surface area contributed by atoms with Crippen molar-refractivity contribution in [3.05, 3.63) is 52.8 Å². The minimum atomic E-state index is -3.19. The maximum Gasteiger partial charge on any atom is 0.419 e. The molecule has 0 spiro atoms. The number of hydrogen-bond acceptors (Lipinski definition) is 5. The molecule has 0 saturated carbocycles. The van der Waals surface area contributed by atoms with Crippen molar-refractivity contribution in [2.45, 2.75) is 24.9 Å². The van der Waals surface area contributed by atoms with E-state index in [-0.39, 0.29) is 5.75 Å². The molecular formula is C17H18N2O4S. The van der Waals surface area contributed by atoms with Crippen LogP contribution in [0.4, 0.5) is 0 Å². The van der Waals surface area contributed by atoms with Crippen LogP contribution in [-0.4, -0.2) is 23.2 Å². The summed E-state index contributed by atoms with van der Waals surface area (Å²) in [5.41, 5.74) is 3.47. The van der Waals surface area contributed by atoms with E-state index in [1.54, 1.807) is 39.4 Å². The molecule has 3 rings (SSSR count). The highest BCUT2D eigenvalue weighted by atomic mass is 32.2. The fourth-order valence-corrected chi connectivity index (χ4v) is 3.39. The average Bonchev–Trinajstić information content (AvgIpc) is 2.81. The summed E-state index contributed by atoms with van der Waals surface area (Å²) in [5, 5.41) is -0.432. The quantitative estimate of drug-likeness (QED) is 0.725. The number of sulfone groups is 1. The molecule has 0 bridgehead atoms. The Balaban J connectivity index is 2.03. The molecule has 2 aromatic heterocycles. The largest absolute Gasteiger partial charge is 0.419 e. The zero-order valence-corrected chi connectivity index (χ0v) is 14.5. The number of pyridine rings is 1. The standard InChI is InChI=1S/C17H18N2O4S/c1-11(2)24(21,22)10-12-6-14(9-18-8-12)13-4-5-16-15(7-13)19(3)17(20)23-16/h4-9,11H,10H2,1-3H3. The molecule has 1 aromatic carbocycles. The van der Waals surface area contributed by atoms with Crippen molar-refractivity contribution < 1.29 is 12.8 Å². The molecular weight excluding hydrogens is 328 g/mol. The molecule has 2 heterocycles. The van der Waals surface area contributed by atoms with Gasteiger partial charge in [-0.05, 0) is 43.2 Å². The van der Waals surface area contributed by atoms with Crippen molar-refractivity contribution in [1.29, 1.82) is 0 Å². The molecule has 0 aliphatic heterocycles. The van der Waals surface area contributed by atoms with Crippen LogP contribution in [0.2, 0.25) is 0 Å². The van der Waals surface area contributed by atoms with E-state index in [9.17, 15) is 13.2 Å². The Morgan fingerprint density at radius 3 is 2.62 bits per heavy atom. The third-order valence-corrected chi connectivity index (χ3v) is 6.18. The van der Waals surface area contributed by atoms with Gasteiger partial charge in [-0.1, -0.05) is 6.07 Å². The maximum absolute atomic E-state index is 12.1. The van der Waals surface area contributed by atoms with Crippen molar-refractivity contribution in [1.82, 2.24) is 9.55 Å². The van der Waals surface area contributed by atoms with E-state index >= 15 is 0 Å². The molecule has 0 saturated heterocycles. The molecule has 0 aliphatic carbocycles. The van der Waals surface area contributed by atoms with Crippen molar-refractivity contribution in [2.24, 2.45) is 7.05 Å². The van der Waals surface area contributed by atoms with Gasteiger partial charge in [-0.15, -0.1) is 0 Å². The summed E-state index contributed by atoms with van der Waals surface area (Å²) in [7, 11) is -1.55. The first-order valence-corrected chi connectivity index (χ1v) is 9.25. The summed E-state index contributed by atoms with van der Waals surface area (Å²) < 4.78 is 30.7. The third kappa shape index (κ3) is 2.99. The van der Waals surface area contributed by atoms with Gasteiger partial charge in [-0.25, -0.2) is 13.2 Å². The lowest BCUT2D eigenvalue weighted by Gasteiger charge is -2.09. The van der Waals surface area contributed by atoms with Crippen molar-refractivity contribution in [2.75, 3.05) is 0 Å². The van der Waals surface area contributed by atoms with Gasteiger partial charge in [0.05, 0.1) is 16.5 Å². The van der Waals surface area contributed by atoms with Crippen LogP contribution in [0.25, 0.3) is 22.2 Å². The number of hydrogen-bond donors (Lipinski definition) is 0. The number of benzene rings is 1. The van der Waals surface area contributed by atoms with Gasteiger partial charge >= 0.3 is 5.76 Å². The van der Waals surface area contributed by atoms with Crippen molar-refractivity contribution in [3.8, 4) is 11.1 Å². The van der Waals surface area contributed by atoms with Gasteiger partial charge in [-0.2, -0.15) is 0 Å². The third-order valence-electron chi connectivity index (χ3n) is 4.01. The van der Waals surface area contributed by atoms with Crippen molar-refractivity contribution >= 4 is 20.9 Å². The first-order chi connectivity index (χ1) is 11.3. The van der Waals surface area contributed by atoms with Gasteiger partial charge in [0.15, 0.2) is 15.4 Å². The normalized spacial score (nSPS) is 12.2. The van der Waals surface area contributed by atoms with E-state index in [1.807, 2.05) is 18.2 Å². The molecule has 0 atom stereocenters. The number of aromatic nitrogens is 2. The lowest BCUT2D eigenvalue weighted by atomic mass is 10.1. The molecule has 0 radical (unpaired) electrons. The van der Waals surface area contributed by atoms with Gasteiger partial charge < -0.3 is 4.42 Å². The molecule has 0 aliphatic rings. The molecule has 3 aromatic rings. The number of aryl methyl sites for hydroxylation is 1. The lowest BCUT2D eigenvalue weighted by Crippen LogP contribution is -2.16. The number of fused-ring (bicyclic) bond motifs is 1. The fourth-order valence-electron chi connectivity index (χ4n) is 2.43. The first-order valence-electron chi connectivity index (χ1n) is 7.53. The summed E-state index contributed by atoms with van der Waals surface area (Å²) in [5.74, 6) is -0.463. The fraction of sp³-hybridized carbons (Fsp3) is 0.294. The smallest absolute Gasteiger partial charge is 0.408 e. The Morgan fingerprint density at radius 2 is 1.92 bits per heavy atom. The molecule has 7 heteroatoms. The van der Waals surface area contributed by atoms with Crippen LogP contribution in [0.1, 0.15) is 19.4 Å². The van der Waals surface area contributed by atoms with Crippen LogP contribution < -0.4 is 5.76 Å². The molecule has 0 fully saturated rings. The summed E-state index contributed by atoms with van der Waals surface area (Å²) >= 11 is 0. The molecule has 126 valence electrons. The van der Waals surface area contributed by atoms with Gasteiger partial charge in [0.1, 0.15) is 0 Å². The molecule has 0 amide bonds. The highest BCUT2D eigenvalue weighted by Gasteiger charge is 2.17. The Morgan fingerprint density at radius 1 is 1.17 bits per heavy atom. The number of oxazole rings is 1. The minimum Gasteiger partial charge on any atom is -0.408 e. The van der Waals surface area contributed by atoms with E-state index in [4.69, 9.17) is 4.42 Å². The predicted molar refractivity (Wildman–Crippen MR) is 92.4 cm³/mol. The van der Waals surface area contributed by atoms with Crippen LogP contribution in [0.3, 0.4) is 0 Å². The Hall–Kier alpha value is -2.41. The number of nitrogens with zero attached hydrogens (tertiary/aromatic N) is 2. The van der Waals surface area contributed by atoms with Crippen LogP contribution in [0.15, 0.2) is 45.9 Å². The molecule has 0 unspecified atom stereocenters. The van der Waals surface area contributed by atoms with Gasteiger partial charge in [0, 0.05) is 25.0 Å². The predicted octanol–water partition coefficient (Wildman–Crippen LogP) is 2.52. The van der Waals surface area contributed by atoms with Crippen LogP contribution in [-0.2, 0) is 22.6 Å². The molecule has 24 heavy (non-hydrogen) atoms. The lowest BCUT2D eigenvalue weighted by molar-refractivity contribution is 0.528. The monoisotopic (exact) mass is 346 g/mol. The van der Waals surface area contributed by atoms with E-state index in [0.717, 1.165) is 11.1 Å². The zero-order valence-electron chi connectivity index (χ0n) is 13.7. The van der Waals surface area contributed by atoms with Gasteiger partial charge in [-0.3, -0.25) is 9.55 Å². The Labute approximate surface area is 139 Å². The topological polar surface area (TPSA) is 82.2 Å². The average molecular weight is 346 g/mol. The zero-order chi connectivity index (χ0) is 17.5. The first kappa shape index (κ1) is 16.4. The highest BCUT2D eigenvalue weighted by Crippen LogP contribution is 2.24. The van der Waals surface area contributed by atoms with Crippen LogP contribution in [0, 0.1) is 0 Å². The van der Waals surface area contributed by atoms with Gasteiger partial charge in [0.2, 0.25) is 0 Å². The highest BCUT2D eigenvalue weighted by molar-refractivity contribution is 7.91. The van der Waals surface area contributed by atoms with E-state index < -0.39 is 20.8 Å². The summed E-state index contributed by atoms with van der Waals surface area (Å²) in [6.45, 7) is 3.33. The molecule has 6 nitrogen and oxygen atoms in total. The second-order valence-electron chi connectivity index (χ2n) is 6.05. The summed E-state index contributed by atoms with van der Waals surface area (Å²) in [4.78, 5) is 15.7.